The number of rotatable bonds is 10. The highest BCUT2D eigenvalue weighted by Crippen LogP contribution is 2.13. The van der Waals surface area contributed by atoms with E-state index in [0.717, 1.165) is 43.0 Å². The van der Waals surface area contributed by atoms with Gasteiger partial charge in [0.2, 0.25) is 0 Å². The van der Waals surface area contributed by atoms with Crippen molar-refractivity contribution in [3.8, 4) is 0 Å². The summed E-state index contributed by atoms with van der Waals surface area (Å²) >= 11 is 0. The van der Waals surface area contributed by atoms with Crippen molar-refractivity contribution in [1.82, 2.24) is 19.9 Å². The van der Waals surface area contributed by atoms with Crippen LogP contribution in [0.25, 0.3) is 0 Å². The van der Waals surface area contributed by atoms with Crippen LogP contribution in [0.5, 0.6) is 0 Å². The van der Waals surface area contributed by atoms with Gasteiger partial charge < -0.3 is 20.1 Å². The number of hydrogen-bond acceptors (Lipinski definition) is 5. The summed E-state index contributed by atoms with van der Waals surface area (Å²) in [6.45, 7) is 6.12. The molecule has 0 unspecified atom stereocenters. The maximum absolute atomic E-state index is 9.40. The molecule has 29 heavy (non-hydrogen) atoms. The Morgan fingerprint density at radius 3 is 2.62 bits per heavy atom. The van der Waals surface area contributed by atoms with Crippen molar-refractivity contribution in [3.05, 3.63) is 82.7 Å². The van der Waals surface area contributed by atoms with Gasteiger partial charge in [-0.3, -0.25) is 4.98 Å². The molecule has 0 spiro atoms. The predicted molar refractivity (Wildman–Crippen MR) is 113 cm³/mol. The molecule has 0 radical (unpaired) electrons. The minimum Gasteiger partial charge on any atom is -0.364 e. The van der Waals surface area contributed by atoms with E-state index in [-0.39, 0.29) is 0 Å². The fraction of sp³-hybridized carbons (Fsp3) is 0.391. The van der Waals surface area contributed by atoms with Crippen molar-refractivity contribution in [1.29, 1.82) is 0 Å². The van der Waals surface area contributed by atoms with Gasteiger partial charge in [-0.2, -0.15) is 0 Å². The molecule has 3 rings (SSSR count). The molecule has 1 aromatic carbocycles. The normalized spacial score (nSPS) is 11.3. The Morgan fingerprint density at radius 1 is 1.10 bits per heavy atom. The predicted octanol–water partition coefficient (Wildman–Crippen LogP) is 3.05. The maximum Gasteiger partial charge on any atom is 0.178 e. The molecule has 0 aliphatic rings. The van der Waals surface area contributed by atoms with Gasteiger partial charge >= 0.3 is 0 Å². The van der Waals surface area contributed by atoms with Gasteiger partial charge in [-0.15, -0.1) is 0 Å². The lowest BCUT2D eigenvalue weighted by atomic mass is 10.1. The van der Waals surface area contributed by atoms with Crippen molar-refractivity contribution < 1.29 is 10.2 Å². The van der Waals surface area contributed by atoms with E-state index < -0.39 is 6.29 Å². The first-order valence-electron chi connectivity index (χ1n) is 10.2. The van der Waals surface area contributed by atoms with Gasteiger partial charge in [0.15, 0.2) is 6.29 Å². The van der Waals surface area contributed by atoms with Crippen molar-refractivity contribution >= 4 is 0 Å². The molecule has 0 atom stereocenters. The largest absolute Gasteiger partial charge is 0.364 e. The Labute approximate surface area is 172 Å². The molecule has 6 nitrogen and oxygen atoms in total. The minimum absolute atomic E-state index is 0.463. The molecule has 2 aromatic heterocycles. The highest BCUT2D eigenvalue weighted by atomic mass is 16.5. The number of aryl methyl sites for hydroxylation is 3. The summed E-state index contributed by atoms with van der Waals surface area (Å²) in [6.07, 6.45) is 3.55. The van der Waals surface area contributed by atoms with E-state index in [2.05, 4.69) is 51.0 Å². The highest BCUT2D eigenvalue weighted by molar-refractivity contribution is 5.22. The van der Waals surface area contributed by atoms with Crippen molar-refractivity contribution in [2.45, 2.75) is 59.0 Å². The van der Waals surface area contributed by atoms with Gasteiger partial charge in [0, 0.05) is 36.2 Å². The second-order valence-electron chi connectivity index (χ2n) is 7.27. The maximum atomic E-state index is 9.40. The van der Waals surface area contributed by atoms with Crippen molar-refractivity contribution in [2.75, 3.05) is 0 Å². The number of pyridine rings is 1. The highest BCUT2D eigenvalue weighted by Gasteiger charge is 2.10. The monoisotopic (exact) mass is 394 g/mol. The third kappa shape index (κ3) is 5.97. The van der Waals surface area contributed by atoms with Gasteiger partial charge in [0.1, 0.15) is 5.82 Å². The second kappa shape index (κ2) is 10.3. The van der Waals surface area contributed by atoms with Crippen LogP contribution in [0.3, 0.4) is 0 Å². The Bertz CT molecular complexity index is 906. The summed E-state index contributed by atoms with van der Waals surface area (Å²) in [4.78, 5) is 9.07. The average molecular weight is 395 g/mol. The first-order chi connectivity index (χ1) is 14.1. The van der Waals surface area contributed by atoms with Crippen LogP contribution < -0.4 is 5.32 Å². The molecule has 0 bridgehead atoms. The molecule has 6 heteroatoms. The molecule has 2 heterocycles. The van der Waals surface area contributed by atoms with E-state index in [1.165, 1.54) is 11.3 Å². The SMILES string of the molecule is CCc1cnc(CNCc2cc(C(O)O)cc(C)n2)n1CCCc1ccccc1. The molecule has 0 aliphatic carbocycles. The number of aromatic nitrogens is 3. The van der Waals surface area contributed by atoms with E-state index in [9.17, 15) is 10.2 Å². The summed E-state index contributed by atoms with van der Waals surface area (Å²) in [6, 6.07) is 14.0. The van der Waals surface area contributed by atoms with E-state index in [4.69, 9.17) is 0 Å². The van der Waals surface area contributed by atoms with Gasteiger partial charge in [0.05, 0.1) is 12.2 Å². The first-order valence-corrected chi connectivity index (χ1v) is 10.2. The Kier molecular flexibility index (Phi) is 7.52. The number of benzene rings is 1. The third-order valence-electron chi connectivity index (χ3n) is 4.99. The fourth-order valence-corrected chi connectivity index (χ4v) is 3.54. The molecule has 3 N–H and O–H groups in total. The molecule has 0 saturated heterocycles. The molecular formula is C23H30N4O2. The zero-order valence-electron chi connectivity index (χ0n) is 17.2. The van der Waals surface area contributed by atoms with Crippen molar-refractivity contribution in [2.24, 2.45) is 0 Å². The topological polar surface area (TPSA) is 83.2 Å². The smallest absolute Gasteiger partial charge is 0.178 e. The Morgan fingerprint density at radius 2 is 1.90 bits per heavy atom. The average Bonchev–Trinajstić information content (AvgIpc) is 3.10. The van der Waals surface area contributed by atoms with Crippen LogP contribution in [0.4, 0.5) is 0 Å². The summed E-state index contributed by atoms with van der Waals surface area (Å²) in [5.74, 6) is 1.02. The van der Waals surface area contributed by atoms with Crippen LogP contribution in [0, 0.1) is 6.92 Å². The zero-order valence-corrected chi connectivity index (χ0v) is 17.2. The molecule has 3 aromatic rings. The molecule has 0 aliphatic heterocycles. The van der Waals surface area contributed by atoms with Gasteiger partial charge in [-0.05, 0) is 43.9 Å². The first kappa shape index (κ1) is 21.2. The number of imidazole rings is 1. The number of hydrogen-bond donors (Lipinski definition) is 3. The van der Waals surface area contributed by atoms with Gasteiger partial charge in [-0.1, -0.05) is 37.3 Å². The van der Waals surface area contributed by atoms with E-state index >= 15 is 0 Å². The fourth-order valence-electron chi connectivity index (χ4n) is 3.54. The second-order valence-corrected chi connectivity index (χ2v) is 7.27. The van der Waals surface area contributed by atoms with E-state index in [1.54, 1.807) is 12.1 Å². The number of nitrogens with one attached hydrogen (secondary N) is 1. The molecule has 0 fully saturated rings. The molecule has 154 valence electrons. The Balaban J connectivity index is 1.59. The van der Waals surface area contributed by atoms with Crippen LogP contribution in [-0.4, -0.2) is 24.7 Å². The van der Waals surface area contributed by atoms with Crippen LogP contribution >= 0.6 is 0 Å². The quantitative estimate of drug-likeness (QED) is 0.460. The summed E-state index contributed by atoms with van der Waals surface area (Å²) < 4.78 is 2.31. The van der Waals surface area contributed by atoms with Crippen LogP contribution in [0.15, 0.2) is 48.7 Å². The lowest BCUT2D eigenvalue weighted by Crippen LogP contribution is -2.19. The third-order valence-corrected chi connectivity index (χ3v) is 4.99. The van der Waals surface area contributed by atoms with Gasteiger partial charge in [0.25, 0.3) is 0 Å². The number of nitrogens with zero attached hydrogens (tertiary/aromatic N) is 3. The van der Waals surface area contributed by atoms with Gasteiger partial charge in [-0.25, -0.2) is 4.98 Å². The van der Waals surface area contributed by atoms with Crippen molar-refractivity contribution in [3.63, 3.8) is 0 Å². The summed E-state index contributed by atoms with van der Waals surface area (Å²) in [5.41, 5.74) is 4.62. The summed E-state index contributed by atoms with van der Waals surface area (Å²) in [7, 11) is 0. The van der Waals surface area contributed by atoms with E-state index in [0.29, 0.717) is 18.7 Å². The minimum atomic E-state index is -1.48. The number of aliphatic hydroxyl groups excluding tert-OH is 1. The van der Waals surface area contributed by atoms with E-state index in [1.807, 2.05) is 19.2 Å². The lowest BCUT2D eigenvalue weighted by Gasteiger charge is -2.13. The van der Waals surface area contributed by atoms with Crippen LogP contribution in [-0.2, 0) is 32.5 Å². The molecule has 0 amide bonds. The zero-order chi connectivity index (χ0) is 20.6. The molecule has 0 saturated carbocycles. The molecular weight excluding hydrogens is 364 g/mol. The van der Waals surface area contributed by atoms with Crippen LogP contribution in [0.1, 0.15) is 53.7 Å². The Hall–Kier alpha value is -2.54. The number of aliphatic hydroxyl groups is 2. The lowest BCUT2D eigenvalue weighted by molar-refractivity contribution is -0.0426. The van der Waals surface area contributed by atoms with Crippen LogP contribution in [0.2, 0.25) is 0 Å². The standard InChI is InChI=1S/C23H30N4O2/c1-3-21-15-25-22(27(21)11-7-10-18-8-5-4-6-9-18)16-24-14-20-13-19(23(28)29)12-17(2)26-20/h4-6,8-9,12-13,15,23-24,28-29H,3,7,10-11,14,16H2,1-2H3. The summed E-state index contributed by atoms with van der Waals surface area (Å²) in [5, 5.41) is 22.2.